The molecule has 0 saturated carbocycles. The molecule has 4 rings (SSSR count). The molecular formula is C21H21ClN4O3S. The smallest absolute Gasteiger partial charge is 0.285 e. The van der Waals surface area contributed by atoms with Gasteiger partial charge in [0, 0.05) is 43.0 Å². The van der Waals surface area contributed by atoms with Crippen LogP contribution < -0.4 is 0 Å². The number of amides is 1. The van der Waals surface area contributed by atoms with E-state index in [1.807, 2.05) is 4.90 Å². The summed E-state index contributed by atoms with van der Waals surface area (Å²) in [5, 5.41) is 0.467. The second kappa shape index (κ2) is 8.20. The van der Waals surface area contributed by atoms with E-state index in [-0.39, 0.29) is 10.8 Å². The molecule has 1 fully saturated rings. The molecule has 0 unspecified atom stereocenters. The van der Waals surface area contributed by atoms with Gasteiger partial charge in [-0.3, -0.25) is 9.78 Å². The molecule has 2 aliphatic heterocycles. The molecule has 2 aliphatic rings. The number of carbonyl (C=O) groups excluding carboxylic acids is 1. The standard InChI is InChI=1S/C21H21ClN4O3S/c1-15-19(16-6-4-7-17(22)14-16)30(28,29)24-20(15)25-10-5-11-26(13-12-25)21(27)18-8-2-3-9-23-18/h2-4,6-9,14H,5,10-13H2,1H3. The number of amidine groups is 1. The van der Waals surface area contributed by atoms with Gasteiger partial charge in [0.2, 0.25) is 0 Å². The Morgan fingerprint density at radius 1 is 1.07 bits per heavy atom. The van der Waals surface area contributed by atoms with Crippen molar-refractivity contribution in [2.45, 2.75) is 13.3 Å². The number of hydrogen-bond donors (Lipinski definition) is 0. The fourth-order valence-corrected chi connectivity index (χ4v) is 5.46. The number of hydrogen-bond acceptors (Lipinski definition) is 5. The molecule has 0 N–H and O–H groups in total. The first kappa shape index (κ1) is 20.6. The zero-order valence-electron chi connectivity index (χ0n) is 16.5. The third-order valence-corrected chi connectivity index (χ3v) is 6.90. The highest BCUT2D eigenvalue weighted by molar-refractivity contribution is 8.00. The topological polar surface area (TPSA) is 82.9 Å². The Kier molecular flexibility index (Phi) is 5.62. The van der Waals surface area contributed by atoms with Crippen LogP contribution in [-0.4, -0.2) is 61.1 Å². The Morgan fingerprint density at radius 3 is 2.63 bits per heavy atom. The minimum Gasteiger partial charge on any atom is -0.354 e. The Labute approximate surface area is 180 Å². The monoisotopic (exact) mass is 444 g/mol. The maximum atomic E-state index is 12.8. The Balaban J connectivity index is 1.57. The number of pyridine rings is 1. The number of carbonyl (C=O) groups is 1. The van der Waals surface area contributed by atoms with E-state index in [0.29, 0.717) is 60.3 Å². The van der Waals surface area contributed by atoms with Crippen LogP contribution in [0, 0.1) is 0 Å². The lowest BCUT2D eigenvalue weighted by atomic mass is 10.1. The zero-order chi connectivity index (χ0) is 21.3. The van der Waals surface area contributed by atoms with Crippen LogP contribution in [0.15, 0.2) is 58.6 Å². The maximum absolute atomic E-state index is 12.8. The summed E-state index contributed by atoms with van der Waals surface area (Å²) in [7, 11) is -3.81. The van der Waals surface area contributed by atoms with Crippen molar-refractivity contribution >= 4 is 38.3 Å². The third kappa shape index (κ3) is 3.97. The molecule has 0 bridgehead atoms. The van der Waals surface area contributed by atoms with Crippen molar-refractivity contribution < 1.29 is 13.2 Å². The van der Waals surface area contributed by atoms with E-state index < -0.39 is 10.0 Å². The zero-order valence-corrected chi connectivity index (χ0v) is 18.0. The summed E-state index contributed by atoms with van der Waals surface area (Å²) in [5.41, 5.74) is 1.54. The van der Waals surface area contributed by atoms with E-state index in [1.165, 1.54) is 0 Å². The first-order valence-corrected chi connectivity index (χ1v) is 11.5. The fourth-order valence-electron chi connectivity index (χ4n) is 3.80. The third-order valence-electron chi connectivity index (χ3n) is 5.19. The lowest BCUT2D eigenvalue weighted by molar-refractivity contribution is 0.0758. The lowest BCUT2D eigenvalue weighted by Crippen LogP contribution is -2.37. The number of sulfonamides is 1. The molecule has 0 aliphatic carbocycles. The SMILES string of the molecule is CC1=C(c2cccc(Cl)c2)S(=O)(=O)N=C1N1CCCN(C(=O)c2ccccn2)CC1. The van der Waals surface area contributed by atoms with Crippen molar-refractivity contribution in [2.75, 3.05) is 26.2 Å². The van der Waals surface area contributed by atoms with Gasteiger partial charge in [-0.15, -0.1) is 4.40 Å². The highest BCUT2D eigenvalue weighted by Gasteiger charge is 2.34. The summed E-state index contributed by atoms with van der Waals surface area (Å²) >= 11 is 6.06. The average Bonchev–Trinajstić information content (AvgIpc) is 2.88. The lowest BCUT2D eigenvalue weighted by Gasteiger charge is -2.23. The van der Waals surface area contributed by atoms with Crippen LogP contribution >= 0.6 is 11.6 Å². The molecular weight excluding hydrogens is 424 g/mol. The van der Waals surface area contributed by atoms with Gasteiger partial charge in [0.05, 0.1) is 0 Å². The van der Waals surface area contributed by atoms with E-state index >= 15 is 0 Å². The second-order valence-electron chi connectivity index (χ2n) is 7.20. The van der Waals surface area contributed by atoms with Gasteiger partial charge in [0.1, 0.15) is 16.4 Å². The van der Waals surface area contributed by atoms with Crippen LogP contribution in [0.5, 0.6) is 0 Å². The van der Waals surface area contributed by atoms with E-state index in [4.69, 9.17) is 11.6 Å². The second-order valence-corrected chi connectivity index (χ2v) is 9.18. The Morgan fingerprint density at radius 2 is 1.90 bits per heavy atom. The van der Waals surface area contributed by atoms with Crippen molar-refractivity contribution in [3.05, 3.63) is 70.5 Å². The van der Waals surface area contributed by atoms with Crippen molar-refractivity contribution in [3.63, 3.8) is 0 Å². The molecule has 1 amide bonds. The summed E-state index contributed by atoms with van der Waals surface area (Å²) in [6.07, 6.45) is 2.30. The summed E-state index contributed by atoms with van der Waals surface area (Å²) < 4.78 is 29.6. The molecule has 3 heterocycles. The van der Waals surface area contributed by atoms with E-state index in [2.05, 4.69) is 9.38 Å². The highest BCUT2D eigenvalue weighted by Crippen LogP contribution is 2.34. The van der Waals surface area contributed by atoms with E-state index in [1.54, 1.807) is 60.5 Å². The van der Waals surface area contributed by atoms with Crippen molar-refractivity contribution in [1.29, 1.82) is 0 Å². The largest absolute Gasteiger partial charge is 0.354 e. The number of halogens is 1. The predicted octanol–water partition coefficient (Wildman–Crippen LogP) is 3.06. The normalized spacial score (nSPS) is 18.9. The predicted molar refractivity (Wildman–Crippen MR) is 117 cm³/mol. The Hall–Kier alpha value is -2.71. The number of nitrogens with zero attached hydrogens (tertiary/aromatic N) is 4. The molecule has 9 heteroatoms. The van der Waals surface area contributed by atoms with Crippen molar-refractivity contribution in [3.8, 4) is 0 Å². The molecule has 0 radical (unpaired) electrons. The van der Waals surface area contributed by atoms with Crippen LogP contribution in [0.3, 0.4) is 0 Å². The molecule has 1 saturated heterocycles. The quantitative estimate of drug-likeness (QED) is 0.710. The minimum atomic E-state index is -3.81. The first-order chi connectivity index (χ1) is 14.4. The van der Waals surface area contributed by atoms with Gasteiger partial charge >= 0.3 is 0 Å². The highest BCUT2D eigenvalue weighted by atomic mass is 35.5. The van der Waals surface area contributed by atoms with Crippen LogP contribution in [0.1, 0.15) is 29.4 Å². The molecule has 0 spiro atoms. The molecule has 2 aromatic rings. The van der Waals surface area contributed by atoms with Gasteiger partial charge in [-0.1, -0.05) is 29.8 Å². The first-order valence-electron chi connectivity index (χ1n) is 9.64. The van der Waals surface area contributed by atoms with Gasteiger partial charge in [0.15, 0.2) is 0 Å². The van der Waals surface area contributed by atoms with Crippen molar-refractivity contribution in [1.82, 2.24) is 14.8 Å². The maximum Gasteiger partial charge on any atom is 0.285 e. The van der Waals surface area contributed by atoms with Gasteiger partial charge < -0.3 is 9.80 Å². The molecule has 7 nitrogen and oxygen atoms in total. The fraction of sp³-hybridized carbons (Fsp3) is 0.286. The summed E-state index contributed by atoms with van der Waals surface area (Å²) in [6.45, 7) is 3.92. The van der Waals surface area contributed by atoms with Crippen LogP contribution in [0.2, 0.25) is 5.02 Å². The van der Waals surface area contributed by atoms with Gasteiger partial charge in [-0.2, -0.15) is 8.42 Å². The van der Waals surface area contributed by atoms with E-state index in [9.17, 15) is 13.2 Å². The van der Waals surface area contributed by atoms with Gasteiger partial charge in [-0.05, 0) is 43.2 Å². The van der Waals surface area contributed by atoms with Gasteiger partial charge in [0.25, 0.3) is 15.9 Å². The molecule has 1 aromatic carbocycles. The van der Waals surface area contributed by atoms with E-state index in [0.717, 1.165) is 0 Å². The van der Waals surface area contributed by atoms with Crippen molar-refractivity contribution in [2.24, 2.45) is 4.40 Å². The van der Waals surface area contributed by atoms with Crippen LogP contribution in [0.25, 0.3) is 4.91 Å². The molecule has 1 aromatic heterocycles. The minimum absolute atomic E-state index is 0.120. The molecule has 0 atom stereocenters. The Bertz CT molecular complexity index is 1150. The van der Waals surface area contributed by atoms with Crippen LogP contribution in [0.4, 0.5) is 0 Å². The van der Waals surface area contributed by atoms with Gasteiger partial charge in [-0.25, -0.2) is 0 Å². The summed E-state index contributed by atoms with van der Waals surface area (Å²) in [4.78, 5) is 20.7. The number of aromatic nitrogens is 1. The molecule has 156 valence electrons. The summed E-state index contributed by atoms with van der Waals surface area (Å²) in [6, 6.07) is 12.0. The average molecular weight is 445 g/mol. The summed E-state index contributed by atoms with van der Waals surface area (Å²) in [5.74, 6) is 0.322. The molecule has 30 heavy (non-hydrogen) atoms. The van der Waals surface area contributed by atoms with Crippen LogP contribution in [-0.2, 0) is 10.0 Å². The number of rotatable bonds is 2. The number of benzene rings is 1.